The van der Waals surface area contributed by atoms with Crippen molar-refractivity contribution in [3.05, 3.63) is 93.5 Å². The van der Waals surface area contributed by atoms with Gasteiger partial charge in [0, 0.05) is 12.7 Å². The zero-order valence-electron chi connectivity index (χ0n) is 20.0. The Hall–Kier alpha value is -3.42. The van der Waals surface area contributed by atoms with E-state index in [1.807, 2.05) is 62.4 Å². The van der Waals surface area contributed by atoms with Gasteiger partial charge in [0.1, 0.15) is 19.0 Å². The molecule has 0 amide bonds. The Labute approximate surface area is 208 Å². The van der Waals surface area contributed by atoms with Gasteiger partial charge >= 0.3 is 0 Å². The molecule has 0 spiro atoms. The fourth-order valence-corrected chi connectivity index (χ4v) is 4.64. The normalized spacial score (nSPS) is 11.0. The van der Waals surface area contributed by atoms with E-state index in [1.165, 1.54) is 11.5 Å². The Balaban J connectivity index is 1.47. The minimum absolute atomic E-state index is 0.0979. The lowest BCUT2D eigenvalue weighted by molar-refractivity contribution is 0.108. The second-order valence-corrected chi connectivity index (χ2v) is 8.99. The molecule has 0 aliphatic carbocycles. The molecular weight excluding hydrogens is 465 g/mol. The lowest BCUT2D eigenvalue weighted by atomic mass is 9.94. The second-order valence-electron chi connectivity index (χ2n) is 8.14. The summed E-state index contributed by atoms with van der Waals surface area (Å²) < 4.78 is 34.6. The number of benzene rings is 3. The third kappa shape index (κ3) is 5.99. The van der Waals surface area contributed by atoms with Crippen LogP contribution in [0, 0.1) is 19.7 Å². The largest absolute Gasteiger partial charge is 0.489 e. The molecule has 0 bridgehead atoms. The maximum absolute atomic E-state index is 15.1. The number of hydrogen-bond acceptors (Lipinski definition) is 5. The SMILES string of the molecule is CCOCCOc1cc(C)c(-c2cccc(COc3ccc(-c4cc(=O)[nH]s4)cc3)c2)c(C)c1F. The topological polar surface area (TPSA) is 60.6 Å². The van der Waals surface area contributed by atoms with Crippen molar-refractivity contribution in [3.63, 3.8) is 0 Å². The third-order valence-electron chi connectivity index (χ3n) is 5.64. The monoisotopic (exact) mass is 493 g/mol. The van der Waals surface area contributed by atoms with Crippen LogP contribution in [0.1, 0.15) is 23.6 Å². The number of aromatic nitrogens is 1. The van der Waals surface area contributed by atoms with Gasteiger partial charge in [-0.2, -0.15) is 0 Å². The molecule has 0 aliphatic rings. The summed E-state index contributed by atoms with van der Waals surface area (Å²) in [6, 6.07) is 18.9. The van der Waals surface area contributed by atoms with Gasteiger partial charge in [0.25, 0.3) is 5.56 Å². The molecule has 0 unspecified atom stereocenters. The van der Waals surface area contributed by atoms with Crippen LogP contribution < -0.4 is 15.0 Å². The standard InChI is InChI=1S/C28H28FNO4S/c1-4-32-12-13-33-24-14-18(2)27(19(3)28(24)29)22-7-5-6-20(15-22)17-34-23-10-8-21(9-11-23)25-16-26(31)30-35-25/h5-11,14-16H,4,12-13,17H2,1-3H3,(H,30,31). The van der Waals surface area contributed by atoms with E-state index < -0.39 is 0 Å². The van der Waals surface area contributed by atoms with Crippen LogP contribution in [0.15, 0.2) is 65.5 Å². The van der Waals surface area contributed by atoms with E-state index >= 15 is 4.39 Å². The molecule has 3 aromatic carbocycles. The molecule has 5 nitrogen and oxygen atoms in total. The summed E-state index contributed by atoms with van der Waals surface area (Å²) >= 11 is 1.31. The number of aromatic amines is 1. The minimum Gasteiger partial charge on any atom is -0.489 e. The van der Waals surface area contributed by atoms with Gasteiger partial charge in [-0.3, -0.25) is 9.17 Å². The van der Waals surface area contributed by atoms with Gasteiger partial charge in [0.2, 0.25) is 0 Å². The lowest BCUT2D eigenvalue weighted by Gasteiger charge is -2.16. The van der Waals surface area contributed by atoms with E-state index in [-0.39, 0.29) is 17.1 Å². The molecule has 0 atom stereocenters. The van der Waals surface area contributed by atoms with Gasteiger partial charge < -0.3 is 14.2 Å². The summed E-state index contributed by atoms with van der Waals surface area (Å²) in [4.78, 5) is 12.2. The van der Waals surface area contributed by atoms with Crippen LogP contribution in [-0.2, 0) is 11.3 Å². The molecule has 0 aliphatic heterocycles. The Bertz CT molecular complexity index is 1340. The van der Waals surface area contributed by atoms with E-state index in [0.29, 0.717) is 32.0 Å². The van der Waals surface area contributed by atoms with Crippen molar-refractivity contribution < 1.29 is 18.6 Å². The van der Waals surface area contributed by atoms with Crippen molar-refractivity contribution in [2.24, 2.45) is 0 Å². The first-order chi connectivity index (χ1) is 17.0. The van der Waals surface area contributed by atoms with Crippen molar-refractivity contribution in [3.8, 4) is 33.1 Å². The average Bonchev–Trinajstić information content (AvgIpc) is 3.30. The molecule has 4 aromatic rings. The van der Waals surface area contributed by atoms with Crippen LogP contribution in [0.5, 0.6) is 11.5 Å². The average molecular weight is 494 g/mol. The molecule has 182 valence electrons. The van der Waals surface area contributed by atoms with E-state index in [9.17, 15) is 4.79 Å². The van der Waals surface area contributed by atoms with Crippen molar-refractivity contribution in [1.82, 2.24) is 4.37 Å². The molecule has 7 heteroatoms. The highest BCUT2D eigenvalue weighted by Gasteiger charge is 2.16. The van der Waals surface area contributed by atoms with Gasteiger partial charge in [-0.25, -0.2) is 4.39 Å². The summed E-state index contributed by atoms with van der Waals surface area (Å²) in [7, 11) is 0. The number of rotatable bonds is 10. The van der Waals surface area contributed by atoms with Crippen molar-refractivity contribution in [1.29, 1.82) is 0 Å². The van der Waals surface area contributed by atoms with Gasteiger partial charge in [-0.05, 0) is 90.6 Å². The highest BCUT2D eigenvalue weighted by Crippen LogP contribution is 2.34. The van der Waals surface area contributed by atoms with Crippen molar-refractivity contribution >= 4 is 11.5 Å². The number of halogens is 1. The molecule has 1 heterocycles. The van der Waals surface area contributed by atoms with Crippen LogP contribution in [0.4, 0.5) is 4.39 Å². The first-order valence-corrected chi connectivity index (χ1v) is 12.3. The van der Waals surface area contributed by atoms with Gasteiger partial charge in [0.15, 0.2) is 11.6 Å². The number of H-pyrrole nitrogens is 1. The Morgan fingerprint density at radius 3 is 2.46 bits per heavy atom. The van der Waals surface area contributed by atoms with E-state index in [4.69, 9.17) is 14.2 Å². The molecule has 1 N–H and O–H groups in total. The van der Waals surface area contributed by atoms with Crippen LogP contribution in [0.2, 0.25) is 0 Å². The summed E-state index contributed by atoms with van der Waals surface area (Å²) in [6.45, 7) is 7.36. The summed E-state index contributed by atoms with van der Waals surface area (Å²) in [6.07, 6.45) is 0. The molecule has 0 saturated carbocycles. The zero-order chi connectivity index (χ0) is 24.8. The number of aryl methyl sites for hydroxylation is 1. The van der Waals surface area contributed by atoms with E-state index in [0.717, 1.165) is 38.4 Å². The maximum Gasteiger partial charge on any atom is 0.258 e. The third-order valence-corrected chi connectivity index (χ3v) is 6.51. The van der Waals surface area contributed by atoms with Gasteiger partial charge in [-0.1, -0.05) is 29.7 Å². The summed E-state index contributed by atoms with van der Waals surface area (Å²) in [5, 5.41) is 0. The lowest BCUT2D eigenvalue weighted by Crippen LogP contribution is -2.08. The fourth-order valence-electron chi connectivity index (χ4n) is 3.95. The predicted octanol–water partition coefficient (Wildman–Crippen LogP) is 6.52. The number of ether oxygens (including phenoxy) is 3. The molecular formula is C28H28FNO4S. The Kier molecular flexibility index (Phi) is 8.00. The fraction of sp³-hybridized carbons (Fsp3) is 0.250. The molecule has 0 saturated heterocycles. The molecule has 0 radical (unpaired) electrons. The molecule has 0 fully saturated rings. The molecule has 1 aromatic heterocycles. The zero-order valence-corrected chi connectivity index (χ0v) is 20.8. The minimum atomic E-state index is -0.351. The highest BCUT2D eigenvalue weighted by atomic mass is 32.1. The van der Waals surface area contributed by atoms with Crippen molar-refractivity contribution in [2.75, 3.05) is 19.8 Å². The Morgan fingerprint density at radius 1 is 0.943 bits per heavy atom. The summed E-state index contributed by atoms with van der Waals surface area (Å²) in [5.41, 5.74) is 5.12. The van der Waals surface area contributed by atoms with E-state index in [2.05, 4.69) is 4.37 Å². The number of nitrogens with one attached hydrogen (secondary N) is 1. The molecule has 4 rings (SSSR count). The first-order valence-electron chi connectivity index (χ1n) is 11.5. The first kappa shape index (κ1) is 24.7. The van der Waals surface area contributed by atoms with Gasteiger partial charge in [0.05, 0.1) is 11.5 Å². The van der Waals surface area contributed by atoms with E-state index in [1.54, 1.807) is 19.1 Å². The quantitative estimate of drug-likeness (QED) is 0.256. The second kappa shape index (κ2) is 11.3. The smallest absolute Gasteiger partial charge is 0.258 e. The predicted molar refractivity (Wildman–Crippen MR) is 138 cm³/mol. The summed E-state index contributed by atoms with van der Waals surface area (Å²) in [5.74, 6) is 0.628. The van der Waals surface area contributed by atoms with Crippen LogP contribution in [0.3, 0.4) is 0 Å². The Morgan fingerprint density at radius 2 is 1.74 bits per heavy atom. The van der Waals surface area contributed by atoms with Crippen molar-refractivity contribution in [2.45, 2.75) is 27.4 Å². The van der Waals surface area contributed by atoms with Crippen LogP contribution in [-0.4, -0.2) is 24.2 Å². The number of hydrogen-bond donors (Lipinski definition) is 1. The maximum atomic E-state index is 15.1. The van der Waals surface area contributed by atoms with Gasteiger partial charge in [-0.15, -0.1) is 0 Å². The highest BCUT2D eigenvalue weighted by molar-refractivity contribution is 7.09. The molecule has 35 heavy (non-hydrogen) atoms. The van der Waals surface area contributed by atoms with Crippen LogP contribution >= 0.6 is 11.5 Å². The van der Waals surface area contributed by atoms with Crippen LogP contribution in [0.25, 0.3) is 21.6 Å².